The lowest BCUT2D eigenvalue weighted by Gasteiger charge is -2.23. The molecule has 4 nitrogen and oxygen atoms in total. The molecule has 0 saturated carbocycles. The fourth-order valence-corrected chi connectivity index (χ4v) is 6.91. The highest BCUT2D eigenvalue weighted by molar-refractivity contribution is 6.00. The molecule has 0 aliphatic rings. The van der Waals surface area contributed by atoms with Crippen molar-refractivity contribution < 1.29 is 5.11 Å². The zero-order valence-corrected chi connectivity index (χ0v) is 30.8. The summed E-state index contributed by atoms with van der Waals surface area (Å²) in [4.78, 5) is 10.3. The Morgan fingerprint density at radius 3 is 1.90 bits per heavy atom. The largest absolute Gasteiger partial charge is 0.507 e. The maximum atomic E-state index is 11.4. The Bertz CT molecular complexity index is 2380. The minimum absolute atomic E-state index is 0.0120. The predicted octanol–water partition coefficient (Wildman–Crippen LogP) is 12.2. The molecule has 0 aliphatic heterocycles. The SMILES string of the molecule is CC(C)(C)c1ccc(O)c(-c2nc3c(-c4cccc(-c5cc(C(C)(C)C)cc6cccnc56)c4)ccc(C(C)(C)C)c3n2-c2ccccc2)c1. The van der Waals surface area contributed by atoms with Crippen molar-refractivity contribution in [2.45, 2.75) is 78.6 Å². The highest BCUT2D eigenvalue weighted by atomic mass is 16.3. The average Bonchev–Trinajstić information content (AvgIpc) is 3.47. The minimum atomic E-state index is -0.171. The van der Waals surface area contributed by atoms with Crippen molar-refractivity contribution in [2.24, 2.45) is 0 Å². The predicted molar refractivity (Wildman–Crippen MR) is 210 cm³/mol. The summed E-state index contributed by atoms with van der Waals surface area (Å²) >= 11 is 0. The molecule has 0 atom stereocenters. The number of nitrogens with zero attached hydrogens (tertiary/aromatic N) is 3. The molecule has 2 aromatic heterocycles. The summed E-state index contributed by atoms with van der Waals surface area (Å²) < 4.78 is 2.25. The van der Waals surface area contributed by atoms with Gasteiger partial charge >= 0.3 is 0 Å². The van der Waals surface area contributed by atoms with Crippen LogP contribution in [-0.2, 0) is 16.2 Å². The van der Waals surface area contributed by atoms with E-state index in [1.54, 1.807) is 0 Å². The van der Waals surface area contributed by atoms with Crippen molar-refractivity contribution in [1.82, 2.24) is 14.5 Å². The number of fused-ring (bicyclic) bond motifs is 2. The van der Waals surface area contributed by atoms with Crippen LogP contribution in [0.4, 0.5) is 0 Å². The third kappa shape index (κ3) is 5.98. The van der Waals surface area contributed by atoms with E-state index in [1.807, 2.05) is 30.5 Å². The lowest BCUT2D eigenvalue weighted by atomic mass is 9.83. The Kier molecular flexibility index (Phi) is 7.98. The number of imidazole rings is 1. The van der Waals surface area contributed by atoms with Crippen LogP contribution < -0.4 is 0 Å². The molecule has 0 radical (unpaired) electrons. The summed E-state index contributed by atoms with van der Waals surface area (Å²) in [6, 6.07) is 38.3. The van der Waals surface area contributed by atoms with Gasteiger partial charge in [-0.3, -0.25) is 9.55 Å². The number of aromatic hydroxyl groups is 1. The van der Waals surface area contributed by atoms with E-state index in [2.05, 4.69) is 152 Å². The van der Waals surface area contributed by atoms with Crippen molar-refractivity contribution in [3.63, 3.8) is 0 Å². The van der Waals surface area contributed by atoms with Gasteiger partial charge in [0.05, 0.1) is 22.1 Å². The van der Waals surface area contributed by atoms with Gasteiger partial charge in [-0.2, -0.15) is 0 Å². The van der Waals surface area contributed by atoms with Crippen molar-refractivity contribution in [1.29, 1.82) is 0 Å². The maximum absolute atomic E-state index is 11.4. The summed E-state index contributed by atoms with van der Waals surface area (Å²) in [6.07, 6.45) is 1.88. The number of hydrogen-bond donors (Lipinski definition) is 1. The highest BCUT2D eigenvalue weighted by Crippen LogP contribution is 2.43. The van der Waals surface area contributed by atoms with Crippen LogP contribution in [-0.4, -0.2) is 19.6 Å². The van der Waals surface area contributed by atoms with Gasteiger partial charge in [-0.15, -0.1) is 0 Å². The van der Waals surface area contributed by atoms with Crippen molar-refractivity contribution in [3.8, 4) is 45.1 Å². The molecule has 0 aliphatic carbocycles. The summed E-state index contributed by atoms with van der Waals surface area (Å²) in [5.41, 5.74) is 12.3. The maximum Gasteiger partial charge on any atom is 0.149 e. The molecule has 5 aromatic carbocycles. The second-order valence-electron chi connectivity index (χ2n) is 16.6. The van der Waals surface area contributed by atoms with E-state index in [4.69, 9.17) is 9.97 Å². The van der Waals surface area contributed by atoms with Crippen LogP contribution in [0.15, 0.2) is 115 Å². The first-order chi connectivity index (χ1) is 23.6. The quantitative estimate of drug-likeness (QED) is 0.205. The van der Waals surface area contributed by atoms with Crippen LogP contribution >= 0.6 is 0 Å². The van der Waals surface area contributed by atoms with Crippen LogP contribution in [0.25, 0.3) is 61.3 Å². The third-order valence-corrected chi connectivity index (χ3v) is 9.79. The fraction of sp³-hybridized carbons (Fsp3) is 0.261. The molecule has 2 heterocycles. The number of pyridine rings is 1. The summed E-state index contributed by atoms with van der Waals surface area (Å²) in [5, 5.41) is 12.6. The lowest BCUT2D eigenvalue weighted by Crippen LogP contribution is -2.14. The molecule has 0 saturated heterocycles. The van der Waals surface area contributed by atoms with Gasteiger partial charge in [0.15, 0.2) is 0 Å². The molecular formula is C46H47N3O. The highest BCUT2D eigenvalue weighted by Gasteiger charge is 2.28. The van der Waals surface area contributed by atoms with Gasteiger partial charge in [0.1, 0.15) is 11.6 Å². The monoisotopic (exact) mass is 657 g/mol. The number of aromatic nitrogens is 3. The Balaban J connectivity index is 1.54. The first-order valence-corrected chi connectivity index (χ1v) is 17.6. The Morgan fingerprint density at radius 2 is 1.22 bits per heavy atom. The molecule has 4 heteroatoms. The average molecular weight is 658 g/mol. The number of phenolic OH excluding ortho intramolecular Hbond substituents is 1. The molecule has 0 spiro atoms. The molecule has 0 fully saturated rings. The van der Waals surface area contributed by atoms with E-state index in [-0.39, 0.29) is 22.0 Å². The van der Waals surface area contributed by atoms with Crippen LogP contribution in [0, 0.1) is 0 Å². The first kappa shape index (κ1) is 33.3. The normalized spacial score (nSPS) is 12.6. The Morgan fingerprint density at radius 1 is 0.540 bits per heavy atom. The molecule has 7 rings (SSSR count). The molecule has 252 valence electrons. The summed E-state index contributed by atoms with van der Waals surface area (Å²) in [7, 11) is 0. The van der Waals surface area contributed by atoms with E-state index >= 15 is 0 Å². The fourth-order valence-electron chi connectivity index (χ4n) is 6.91. The number of para-hydroxylation sites is 1. The van der Waals surface area contributed by atoms with Crippen molar-refractivity contribution >= 4 is 21.9 Å². The van der Waals surface area contributed by atoms with Crippen LogP contribution in [0.5, 0.6) is 5.75 Å². The van der Waals surface area contributed by atoms with Gasteiger partial charge in [0.2, 0.25) is 0 Å². The van der Waals surface area contributed by atoms with E-state index in [9.17, 15) is 5.11 Å². The molecular weight excluding hydrogens is 611 g/mol. The third-order valence-electron chi connectivity index (χ3n) is 9.79. The number of rotatable bonds is 4. The van der Waals surface area contributed by atoms with Gasteiger partial charge in [0.25, 0.3) is 0 Å². The Labute approximate surface area is 296 Å². The molecule has 0 amide bonds. The van der Waals surface area contributed by atoms with Gasteiger partial charge < -0.3 is 5.11 Å². The van der Waals surface area contributed by atoms with E-state index < -0.39 is 0 Å². The second kappa shape index (κ2) is 12.0. The minimum Gasteiger partial charge on any atom is -0.507 e. The van der Waals surface area contributed by atoms with Crippen LogP contribution in [0.3, 0.4) is 0 Å². The second-order valence-corrected chi connectivity index (χ2v) is 16.6. The van der Waals surface area contributed by atoms with Crippen LogP contribution in [0.2, 0.25) is 0 Å². The van der Waals surface area contributed by atoms with E-state index in [1.165, 1.54) is 11.1 Å². The molecule has 0 bridgehead atoms. The lowest BCUT2D eigenvalue weighted by molar-refractivity contribution is 0.475. The zero-order valence-electron chi connectivity index (χ0n) is 30.8. The summed E-state index contributed by atoms with van der Waals surface area (Å²) in [5.74, 6) is 0.932. The molecule has 0 unspecified atom stereocenters. The van der Waals surface area contributed by atoms with Crippen LogP contribution in [0.1, 0.15) is 79.0 Å². The van der Waals surface area contributed by atoms with E-state index in [0.717, 1.165) is 61.3 Å². The first-order valence-electron chi connectivity index (χ1n) is 17.6. The molecule has 50 heavy (non-hydrogen) atoms. The standard InChI is InChI=1S/C46H47N3O/c1-44(2,3)32-20-23-39(50)37(27-32)43-48-41-35(21-22-38(46(7,8)9)42(41)49(43)34-18-11-10-12-19-34)29-15-13-16-30(25-29)36-28-33(45(4,5)6)26-31-17-14-24-47-40(31)36/h10-28,50H,1-9H3. The van der Waals surface area contributed by atoms with Crippen molar-refractivity contribution in [3.05, 3.63) is 132 Å². The molecule has 1 N–H and O–H groups in total. The summed E-state index contributed by atoms with van der Waals surface area (Å²) in [6.45, 7) is 20.1. The molecule has 7 aromatic rings. The topological polar surface area (TPSA) is 50.9 Å². The van der Waals surface area contributed by atoms with Crippen molar-refractivity contribution in [2.75, 3.05) is 0 Å². The van der Waals surface area contributed by atoms with Gasteiger partial charge in [0, 0.05) is 28.4 Å². The number of hydrogen-bond acceptors (Lipinski definition) is 3. The van der Waals surface area contributed by atoms with Gasteiger partial charge in [-0.05, 0) is 92.6 Å². The number of benzene rings is 5. The smallest absolute Gasteiger partial charge is 0.149 e. The van der Waals surface area contributed by atoms with Gasteiger partial charge in [-0.1, -0.05) is 123 Å². The zero-order chi connectivity index (χ0) is 35.6. The number of phenols is 1. The Hall–Kier alpha value is -5.22. The van der Waals surface area contributed by atoms with Gasteiger partial charge in [-0.25, -0.2) is 4.98 Å². The van der Waals surface area contributed by atoms with E-state index in [0.29, 0.717) is 5.56 Å².